The molecule has 4 fully saturated rings. The molecule has 0 unspecified atom stereocenters. The molecule has 0 aromatic carbocycles. The summed E-state index contributed by atoms with van der Waals surface area (Å²) in [5, 5.41) is 0. The molecule has 1 spiro atoms. The molecule has 0 aromatic heterocycles. The number of rotatable bonds is 8. The second-order valence-corrected chi connectivity index (χ2v) is 8.89. The fourth-order valence-electron chi connectivity index (χ4n) is 5.08. The fraction of sp³-hybridized carbons (Fsp3) is 1.00. The van der Waals surface area contributed by atoms with E-state index < -0.39 is 0 Å². The minimum atomic E-state index is 0.511. The first-order valence-electron chi connectivity index (χ1n) is 10.3. The van der Waals surface area contributed by atoms with Crippen molar-refractivity contribution in [1.29, 1.82) is 0 Å². The van der Waals surface area contributed by atoms with Gasteiger partial charge in [-0.05, 0) is 62.9 Å². The molecule has 4 heteroatoms. The van der Waals surface area contributed by atoms with Crippen LogP contribution in [0, 0.1) is 17.3 Å². The molecule has 0 amide bonds. The van der Waals surface area contributed by atoms with Gasteiger partial charge >= 0.3 is 0 Å². The summed E-state index contributed by atoms with van der Waals surface area (Å²) < 4.78 is 11.5. The van der Waals surface area contributed by atoms with Gasteiger partial charge in [0, 0.05) is 45.3 Å². The van der Waals surface area contributed by atoms with Crippen molar-refractivity contribution >= 4 is 0 Å². The van der Waals surface area contributed by atoms with Gasteiger partial charge in [0.25, 0.3) is 0 Å². The molecule has 24 heavy (non-hydrogen) atoms. The molecule has 4 aliphatic rings. The highest BCUT2D eigenvalue weighted by molar-refractivity contribution is 5.00. The van der Waals surface area contributed by atoms with Crippen LogP contribution >= 0.6 is 0 Å². The third-order valence-electron chi connectivity index (χ3n) is 7.25. The molecule has 2 aliphatic carbocycles. The number of piperidine rings is 1. The summed E-state index contributed by atoms with van der Waals surface area (Å²) in [5.74, 6) is 1.61. The molecule has 4 rings (SSSR count). The third-order valence-corrected chi connectivity index (χ3v) is 7.25. The Morgan fingerprint density at radius 2 is 1.83 bits per heavy atom. The number of methoxy groups -OCH3 is 1. The molecule has 0 radical (unpaired) electrons. The number of likely N-dealkylation sites (tertiary alicyclic amines) is 2. The highest BCUT2D eigenvalue weighted by Gasteiger charge is 2.48. The number of nitrogens with zero attached hydrogens (tertiary/aromatic N) is 2. The maximum Gasteiger partial charge on any atom is 0.0589 e. The predicted octanol–water partition coefficient (Wildman–Crippen LogP) is 2.63. The van der Waals surface area contributed by atoms with Crippen molar-refractivity contribution in [3.63, 3.8) is 0 Å². The van der Waals surface area contributed by atoms with Crippen LogP contribution in [0.4, 0.5) is 0 Å². The Hall–Kier alpha value is -0.160. The van der Waals surface area contributed by atoms with Gasteiger partial charge in [0.2, 0.25) is 0 Å². The van der Waals surface area contributed by atoms with E-state index >= 15 is 0 Å². The maximum atomic E-state index is 6.16. The Balaban J connectivity index is 1.33. The zero-order chi connectivity index (χ0) is 16.4. The Bertz CT molecular complexity index is 400. The standard InChI is InChI=1S/C20H36N2O2/c1-23-12-11-21-13-18(15-24-14-17-5-6-17)20(16-21)7-9-22(10-8-20)19-3-2-4-19/h17-19H,2-16H2,1H3/t18-/m1/s1. The van der Waals surface area contributed by atoms with Crippen LogP contribution in [-0.2, 0) is 9.47 Å². The van der Waals surface area contributed by atoms with Gasteiger partial charge in [-0.2, -0.15) is 0 Å². The molecule has 0 N–H and O–H groups in total. The first-order valence-corrected chi connectivity index (χ1v) is 10.3. The smallest absolute Gasteiger partial charge is 0.0589 e. The van der Waals surface area contributed by atoms with Crippen molar-refractivity contribution in [2.75, 3.05) is 59.7 Å². The molecule has 2 saturated carbocycles. The molecule has 0 aromatic rings. The Morgan fingerprint density at radius 3 is 2.46 bits per heavy atom. The average molecular weight is 337 g/mol. The van der Waals surface area contributed by atoms with Crippen LogP contribution in [0.25, 0.3) is 0 Å². The number of hydrogen-bond acceptors (Lipinski definition) is 4. The third kappa shape index (κ3) is 3.82. The van der Waals surface area contributed by atoms with Gasteiger partial charge in [0.1, 0.15) is 0 Å². The van der Waals surface area contributed by atoms with Gasteiger partial charge in [-0.1, -0.05) is 6.42 Å². The SMILES string of the molecule is COCCN1C[C@H](COCC2CC2)C2(CCN(C3CCC3)CC2)C1. The summed E-state index contributed by atoms with van der Waals surface area (Å²) in [6, 6.07) is 0.915. The van der Waals surface area contributed by atoms with Crippen LogP contribution in [0.5, 0.6) is 0 Å². The average Bonchev–Trinajstić information content (AvgIpc) is 3.30. The van der Waals surface area contributed by atoms with Crippen LogP contribution < -0.4 is 0 Å². The molecule has 2 aliphatic heterocycles. The number of ether oxygens (including phenoxy) is 2. The largest absolute Gasteiger partial charge is 0.383 e. The lowest BCUT2D eigenvalue weighted by Gasteiger charge is -2.47. The van der Waals surface area contributed by atoms with E-state index in [-0.39, 0.29) is 0 Å². The lowest BCUT2D eigenvalue weighted by Crippen LogP contribution is -2.50. The van der Waals surface area contributed by atoms with Crippen molar-refractivity contribution in [1.82, 2.24) is 9.80 Å². The second kappa shape index (κ2) is 7.61. The highest BCUT2D eigenvalue weighted by Crippen LogP contribution is 2.46. The minimum Gasteiger partial charge on any atom is -0.383 e. The van der Waals surface area contributed by atoms with E-state index in [0.29, 0.717) is 5.41 Å². The first kappa shape index (κ1) is 17.3. The van der Waals surface area contributed by atoms with E-state index in [9.17, 15) is 0 Å². The fourth-order valence-corrected chi connectivity index (χ4v) is 5.08. The minimum absolute atomic E-state index is 0.511. The second-order valence-electron chi connectivity index (χ2n) is 8.89. The molecule has 2 heterocycles. The topological polar surface area (TPSA) is 24.9 Å². The Labute approximate surface area is 147 Å². The van der Waals surface area contributed by atoms with Gasteiger partial charge in [-0.25, -0.2) is 0 Å². The van der Waals surface area contributed by atoms with E-state index in [4.69, 9.17) is 9.47 Å². The van der Waals surface area contributed by atoms with E-state index in [2.05, 4.69) is 9.80 Å². The van der Waals surface area contributed by atoms with Crippen molar-refractivity contribution in [2.24, 2.45) is 17.3 Å². The van der Waals surface area contributed by atoms with Gasteiger partial charge in [-0.3, -0.25) is 0 Å². The Morgan fingerprint density at radius 1 is 1.04 bits per heavy atom. The summed E-state index contributed by atoms with van der Waals surface area (Å²) in [6.45, 7) is 9.08. The van der Waals surface area contributed by atoms with Gasteiger partial charge in [0.05, 0.1) is 13.2 Å². The molecule has 1 atom stereocenters. The monoisotopic (exact) mass is 336 g/mol. The van der Waals surface area contributed by atoms with Gasteiger partial charge < -0.3 is 19.3 Å². The van der Waals surface area contributed by atoms with E-state index in [1.807, 2.05) is 7.11 Å². The Kier molecular flexibility index (Phi) is 5.47. The molecular formula is C20H36N2O2. The zero-order valence-corrected chi connectivity index (χ0v) is 15.5. The first-order chi connectivity index (χ1) is 11.8. The lowest BCUT2D eigenvalue weighted by atomic mass is 9.70. The van der Waals surface area contributed by atoms with Gasteiger partial charge in [-0.15, -0.1) is 0 Å². The van der Waals surface area contributed by atoms with Crippen LogP contribution in [0.2, 0.25) is 0 Å². The molecular weight excluding hydrogens is 300 g/mol. The quantitative estimate of drug-likeness (QED) is 0.680. The summed E-state index contributed by atoms with van der Waals surface area (Å²) in [4.78, 5) is 5.43. The van der Waals surface area contributed by atoms with Gasteiger partial charge in [0.15, 0.2) is 0 Å². The van der Waals surface area contributed by atoms with E-state index in [1.165, 1.54) is 71.1 Å². The summed E-state index contributed by atoms with van der Waals surface area (Å²) in [6.07, 6.45) is 9.89. The van der Waals surface area contributed by atoms with E-state index in [1.54, 1.807) is 0 Å². The van der Waals surface area contributed by atoms with Crippen molar-refractivity contribution in [3.8, 4) is 0 Å². The lowest BCUT2D eigenvalue weighted by molar-refractivity contribution is -0.00250. The number of hydrogen-bond donors (Lipinski definition) is 0. The predicted molar refractivity (Wildman–Crippen MR) is 96.2 cm³/mol. The van der Waals surface area contributed by atoms with Crippen LogP contribution in [0.1, 0.15) is 44.9 Å². The van der Waals surface area contributed by atoms with Crippen LogP contribution in [0.3, 0.4) is 0 Å². The summed E-state index contributed by atoms with van der Waals surface area (Å²) in [5.41, 5.74) is 0.511. The van der Waals surface area contributed by atoms with E-state index in [0.717, 1.165) is 44.2 Å². The zero-order valence-electron chi connectivity index (χ0n) is 15.5. The summed E-state index contributed by atoms with van der Waals surface area (Å²) >= 11 is 0. The van der Waals surface area contributed by atoms with Crippen molar-refractivity contribution in [2.45, 2.75) is 51.0 Å². The summed E-state index contributed by atoms with van der Waals surface area (Å²) in [7, 11) is 1.82. The van der Waals surface area contributed by atoms with Crippen molar-refractivity contribution in [3.05, 3.63) is 0 Å². The molecule has 2 saturated heterocycles. The van der Waals surface area contributed by atoms with Crippen molar-refractivity contribution < 1.29 is 9.47 Å². The normalized spacial score (nSPS) is 31.6. The molecule has 138 valence electrons. The highest BCUT2D eigenvalue weighted by atomic mass is 16.5. The molecule has 0 bridgehead atoms. The maximum absolute atomic E-state index is 6.16. The van der Waals surface area contributed by atoms with Crippen LogP contribution in [0.15, 0.2) is 0 Å². The van der Waals surface area contributed by atoms with Crippen LogP contribution in [-0.4, -0.2) is 75.5 Å². The molecule has 4 nitrogen and oxygen atoms in total.